The van der Waals surface area contributed by atoms with Crippen molar-refractivity contribution in [1.29, 1.82) is 0 Å². The molecule has 0 aromatic heterocycles. The molecule has 0 fully saturated rings. The Morgan fingerprint density at radius 2 is 2.25 bits per heavy atom. The fraction of sp³-hybridized carbons (Fsp3) is 0.500. The van der Waals surface area contributed by atoms with Crippen LogP contribution in [0.5, 0.6) is 0 Å². The Kier molecular flexibility index (Phi) is 5.96. The molecular weight excluding hydrogens is 269 g/mol. The molecule has 0 aliphatic carbocycles. The quantitative estimate of drug-likeness (QED) is 0.282. The van der Waals surface area contributed by atoms with E-state index in [4.69, 9.17) is 5.11 Å². The second-order valence-corrected chi connectivity index (χ2v) is 2.92. The first kappa shape index (κ1) is 11.6. The van der Waals surface area contributed by atoms with Gasteiger partial charge in [-0.05, 0) is 18.9 Å². The van der Waals surface area contributed by atoms with Crippen LogP contribution in [-0.4, -0.2) is 21.8 Å². The summed E-state index contributed by atoms with van der Waals surface area (Å²) in [5.74, 6) is -0.869. The summed E-state index contributed by atoms with van der Waals surface area (Å²) in [5, 5.41) is 8.66. The molecule has 0 rings (SSSR count). The van der Waals surface area contributed by atoms with E-state index in [1.54, 1.807) is 13.1 Å². The van der Waals surface area contributed by atoms with Gasteiger partial charge in [0, 0.05) is 11.8 Å². The van der Waals surface area contributed by atoms with E-state index in [9.17, 15) is 4.79 Å². The standard InChI is InChI=1S/C8H12INO2/c1-3-7(4-10-5-9)6(2)8(11)12/h4H,3,5H2,1-2H3,(H,11,12)/b7-6+,10-4-. The minimum absolute atomic E-state index is 0.381. The van der Waals surface area contributed by atoms with Crippen LogP contribution in [0, 0.1) is 0 Å². The molecule has 0 radical (unpaired) electrons. The molecule has 0 aliphatic heterocycles. The Morgan fingerprint density at radius 1 is 1.67 bits per heavy atom. The molecule has 0 atom stereocenters. The Morgan fingerprint density at radius 3 is 2.58 bits per heavy atom. The molecule has 0 aromatic carbocycles. The molecule has 0 aliphatic rings. The highest BCUT2D eigenvalue weighted by molar-refractivity contribution is 14.1. The van der Waals surface area contributed by atoms with Crippen LogP contribution in [-0.2, 0) is 4.79 Å². The van der Waals surface area contributed by atoms with E-state index in [0.29, 0.717) is 16.5 Å². The number of aliphatic imine (C=N–C) groups is 1. The zero-order valence-electron chi connectivity index (χ0n) is 7.17. The predicted molar refractivity (Wildman–Crippen MR) is 58.0 cm³/mol. The van der Waals surface area contributed by atoms with Gasteiger partial charge in [0.1, 0.15) is 0 Å². The van der Waals surface area contributed by atoms with Gasteiger partial charge in [-0.2, -0.15) is 0 Å². The number of alkyl halides is 1. The number of halogens is 1. The van der Waals surface area contributed by atoms with Crippen LogP contribution in [0.2, 0.25) is 0 Å². The number of nitrogens with zero attached hydrogens (tertiary/aromatic N) is 1. The molecule has 0 saturated carbocycles. The molecule has 68 valence electrons. The van der Waals surface area contributed by atoms with Crippen LogP contribution in [0.4, 0.5) is 0 Å². The van der Waals surface area contributed by atoms with Gasteiger partial charge in [-0.1, -0.05) is 29.5 Å². The molecule has 4 heteroatoms. The highest BCUT2D eigenvalue weighted by Gasteiger charge is 2.04. The average molecular weight is 281 g/mol. The van der Waals surface area contributed by atoms with Crippen molar-refractivity contribution in [2.24, 2.45) is 4.99 Å². The first-order valence-electron chi connectivity index (χ1n) is 3.62. The lowest BCUT2D eigenvalue weighted by molar-refractivity contribution is -0.132. The van der Waals surface area contributed by atoms with Gasteiger partial charge >= 0.3 is 5.97 Å². The summed E-state index contributed by atoms with van der Waals surface area (Å²) in [7, 11) is 0. The van der Waals surface area contributed by atoms with Crippen LogP contribution in [0.1, 0.15) is 20.3 Å². The fourth-order valence-corrected chi connectivity index (χ4v) is 0.932. The van der Waals surface area contributed by atoms with Crippen molar-refractivity contribution in [2.75, 3.05) is 4.55 Å². The Hall–Kier alpha value is -0.390. The van der Waals surface area contributed by atoms with Crippen molar-refractivity contribution in [3.05, 3.63) is 11.1 Å². The number of hydrogen-bond donors (Lipinski definition) is 1. The summed E-state index contributed by atoms with van der Waals surface area (Å²) in [6, 6.07) is 0. The van der Waals surface area contributed by atoms with Gasteiger partial charge in [0.15, 0.2) is 0 Å². The van der Waals surface area contributed by atoms with Gasteiger partial charge in [0.25, 0.3) is 0 Å². The van der Waals surface area contributed by atoms with Gasteiger partial charge in [0.2, 0.25) is 0 Å². The smallest absolute Gasteiger partial charge is 0.331 e. The van der Waals surface area contributed by atoms with E-state index in [2.05, 4.69) is 27.6 Å². The van der Waals surface area contributed by atoms with Crippen molar-refractivity contribution in [1.82, 2.24) is 0 Å². The number of carboxylic acids is 1. The van der Waals surface area contributed by atoms with E-state index >= 15 is 0 Å². The minimum atomic E-state index is -0.869. The first-order valence-corrected chi connectivity index (χ1v) is 5.14. The summed E-state index contributed by atoms with van der Waals surface area (Å²) < 4.78 is 0.661. The predicted octanol–water partition coefficient (Wildman–Crippen LogP) is 2.26. The molecule has 0 spiro atoms. The summed E-state index contributed by atoms with van der Waals surface area (Å²) in [4.78, 5) is 14.5. The zero-order valence-corrected chi connectivity index (χ0v) is 9.33. The van der Waals surface area contributed by atoms with Gasteiger partial charge in [-0.15, -0.1) is 0 Å². The van der Waals surface area contributed by atoms with Crippen LogP contribution in [0.25, 0.3) is 0 Å². The lowest BCUT2D eigenvalue weighted by Crippen LogP contribution is -2.01. The summed E-state index contributed by atoms with van der Waals surface area (Å²) in [5.41, 5.74) is 1.17. The third-order valence-electron chi connectivity index (χ3n) is 1.50. The lowest BCUT2D eigenvalue weighted by atomic mass is 10.1. The second-order valence-electron chi connectivity index (χ2n) is 2.24. The zero-order chi connectivity index (χ0) is 9.56. The third kappa shape index (κ3) is 3.85. The number of rotatable bonds is 4. The Labute approximate surface area is 85.7 Å². The summed E-state index contributed by atoms with van der Waals surface area (Å²) in [6.07, 6.45) is 2.34. The van der Waals surface area contributed by atoms with Gasteiger partial charge in [-0.3, -0.25) is 4.99 Å². The van der Waals surface area contributed by atoms with Gasteiger partial charge in [-0.25, -0.2) is 4.79 Å². The maximum Gasteiger partial charge on any atom is 0.331 e. The summed E-state index contributed by atoms with van der Waals surface area (Å²) in [6.45, 7) is 3.52. The van der Waals surface area contributed by atoms with Crippen molar-refractivity contribution >= 4 is 34.8 Å². The van der Waals surface area contributed by atoms with E-state index in [1.807, 2.05) is 6.92 Å². The Balaban J connectivity index is 4.61. The SMILES string of the molecule is CCC(/C=N\CI)=C(/C)C(=O)O. The van der Waals surface area contributed by atoms with Crippen LogP contribution >= 0.6 is 22.6 Å². The molecule has 0 unspecified atom stereocenters. The number of aliphatic carboxylic acids is 1. The number of hydrogen-bond acceptors (Lipinski definition) is 2. The normalized spacial score (nSPS) is 13.2. The molecule has 3 nitrogen and oxygen atoms in total. The molecule has 12 heavy (non-hydrogen) atoms. The number of carboxylic acid groups (broad SMARTS) is 1. The molecule has 0 bridgehead atoms. The van der Waals surface area contributed by atoms with E-state index in [-0.39, 0.29) is 0 Å². The molecule has 0 aromatic rings. The molecule has 1 N–H and O–H groups in total. The van der Waals surface area contributed by atoms with E-state index in [1.165, 1.54) is 0 Å². The maximum absolute atomic E-state index is 10.5. The van der Waals surface area contributed by atoms with Gasteiger partial charge < -0.3 is 5.11 Å². The van der Waals surface area contributed by atoms with Crippen molar-refractivity contribution < 1.29 is 9.90 Å². The van der Waals surface area contributed by atoms with E-state index < -0.39 is 5.97 Å². The highest BCUT2D eigenvalue weighted by atomic mass is 127. The molecule has 0 amide bonds. The largest absolute Gasteiger partial charge is 0.478 e. The number of carbonyl (C=O) groups is 1. The van der Waals surface area contributed by atoms with Crippen LogP contribution in [0.3, 0.4) is 0 Å². The van der Waals surface area contributed by atoms with Crippen molar-refractivity contribution in [3.63, 3.8) is 0 Å². The van der Waals surface area contributed by atoms with Crippen LogP contribution < -0.4 is 0 Å². The average Bonchev–Trinajstić information content (AvgIpc) is 2.05. The second kappa shape index (κ2) is 6.16. The maximum atomic E-state index is 10.5. The third-order valence-corrected chi connectivity index (χ3v) is 1.89. The lowest BCUT2D eigenvalue weighted by Gasteiger charge is -1.99. The molecule has 0 saturated heterocycles. The highest BCUT2D eigenvalue weighted by Crippen LogP contribution is 2.06. The fourth-order valence-electron chi connectivity index (χ4n) is 0.735. The number of allylic oxidation sites excluding steroid dienone is 1. The van der Waals surface area contributed by atoms with Gasteiger partial charge in [0.05, 0.1) is 4.55 Å². The first-order chi connectivity index (χ1) is 5.63. The summed E-state index contributed by atoms with van der Waals surface area (Å²) >= 11 is 2.11. The monoisotopic (exact) mass is 281 g/mol. The van der Waals surface area contributed by atoms with Crippen molar-refractivity contribution in [3.8, 4) is 0 Å². The topological polar surface area (TPSA) is 49.7 Å². The Bertz CT molecular complexity index is 221. The molecule has 0 heterocycles. The van der Waals surface area contributed by atoms with Crippen molar-refractivity contribution in [2.45, 2.75) is 20.3 Å². The molecular formula is C8H12INO2. The van der Waals surface area contributed by atoms with Crippen LogP contribution in [0.15, 0.2) is 16.1 Å². The van der Waals surface area contributed by atoms with E-state index in [0.717, 1.165) is 5.57 Å². The minimum Gasteiger partial charge on any atom is -0.478 e.